The minimum absolute atomic E-state index is 0.186. The number of rotatable bonds is 11. The Labute approximate surface area is 218 Å². The Morgan fingerprint density at radius 2 is 1.26 bits per heavy atom. The van der Waals surface area contributed by atoms with E-state index in [2.05, 4.69) is 15.9 Å². The van der Waals surface area contributed by atoms with E-state index < -0.39 is 11.9 Å². The number of alkyl halides is 1. The zero-order chi connectivity index (χ0) is 25.3. The van der Waals surface area contributed by atoms with Gasteiger partial charge in [-0.05, 0) is 60.2 Å². The Bertz CT molecular complexity index is 992. The van der Waals surface area contributed by atoms with Gasteiger partial charge in [-0.3, -0.25) is 0 Å². The van der Waals surface area contributed by atoms with Crippen molar-refractivity contribution in [2.45, 2.75) is 25.7 Å². The first kappa shape index (κ1) is 28.0. The van der Waals surface area contributed by atoms with Crippen LogP contribution < -0.4 is 9.47 Å². The zero-order valence-electron chi connectivity index (χ0n) is 19.5. The van der Waals surface area contributed by atoms with E-state index in [0.29, 0.717) is 11.1 Å². The minimum Gasteiger partial charge on any atom is -0.494 e. The van der Waals surface area contributed by atoms with E-state index in [-0.39, 0.29) is 32.7 Å². The third-order valence-electron chi connectivity index (χ3n) is 5.11. The molecule has 0 aliphatic heterocycles. The molecule has 2 aromatic carbocycles. The lowest BCUT2D eigenvalue weighted by Crippen LogP contribution is -2.07. The van der Waals surface area contributed by atoms with Crippen LogP contribution in [0.2, 0.25) is 10.0 Å². The Kier molecular flexibility index (Phi) is 11.2. The maximum atomic E-state index is 12.4. The number of carbonyl (C=O) groups is 2. The number of halogens is 3. The molecule has 0 bridgehead atoms. The van der Waals surface area contributed by atoms with Gasteiger partial charge in [-0.2, -0.15) is 0 Å². The van der Waals surface area contributed by atoms with E-state index >= 15 is 0 Å². The summed E-state index contributed by atoms with van der Waals surface area (Å²) >= 11 is 16.4. The smallest absolute Gasteiger partial charge is 0.341 e. The van der Waals surface area contributed by atoms with Crippen molar-refractivity contribution in [2.24, 2.45) is 0 Å². The zero-order valence-corrected chi connectivity index (χ0v) is 22.6. The highest BCUT2D eigenvalue weighted by Gasteiger charge is 2.22. The number of carbonyl (C=O) groups excluding carboxylic acids is 2. The van der Waals surface area contributed by atoms with E-state index in [1.165, 1.54) is 28.4 Å². The van der Waals surface area contributed by atoms with Crippen LogP contribution in [0.1, 0.15) is 57.5 Å². The summed E-state index contributed by atoms with van der Waals surface area (Å²) in [6.45, 7) is 0. The lowest BCUT2D eigenvalue weighted by molar-refractivity contribution is 0.0588. The summed E-state index contributed by atoms with van der Waals surface area (Å²) < 4.78 is 20.5. The van der Waals surface area contributed by atoms with Crippen molar-refractivity contribution in [1.29, 1.82) is 0 Å². The molecule has 6 nitrogen and oxygen atoms in total. The van der Waals surface area contributed by atoms with Gasteiger partial charge in [-0.25, -0.2) is 9.59 Å². The average Bonchev–Trinajstić information content (AvgIpc) is 2.84. The maximum absolute atomic E-state index is 12.4. The van der Waals surface area contributed by atoms with Crippen LogP contribution in [0.15, 0.2) is 30.3 Å². The molecule has 0 saturated heterocycles. The SMILES string of the molecule is COC(=O)c1cc(C(=CCCCCCBr)c2cc(Cl)c(OC)c(C(=O)OC)c2)cc(Cl)c1OC. The normalized spacial score (nSPS) is 10.4. The van der Waals surface area contributed by atoms with Crippen LogP contribution in [-0.4, -0.2) is 45.7 Å². The van der Waals surface area contributed by atoms with Crippen molar-refractivity contribution < 1.29 is 28.5 Å². The summed E-state index contributed by atoms with van der Waals surface area (Å²) in [6.07, 6.45) is 5.85. The van der Waals surface area contributed by atoms with Gasteiger partial charge in [-0.15, -0.1) is 0 Å². The highest BCUT2D eigenvalue weighted by atomic mass is 79.9. The van der Waals surface area contributed by atoms with Gasteiger partial charge < -0.3 is 18.9 Å². The third kappa shape index (κ3) is 6.68. The van der Waals surface area contributed by atoms with Crippen LogP contribution in [0.25, 0.3) is 5.57 Å². The van der Waals surface area contributed by atoms with E-state index in [9.17, 15) is 9.59 Å². The first-order valence-electron chi connectivity index (χ1n) is 10.5. The van der Waals surface area contributed by atoms with Gasteiger partial charge in [-0.1, -0.05) is 51.6 Å². The van der Waals surface area contributed by atoms with Crippen molar-refractivity contribution in [1.82, 2.24) is 0 Å². The second-order valence-electron chi connectivity index (χ2n) is 7.22. The van der Waals surface area contributed by atoms with Crippen LogP contribution >= 0.6 is 39.1 Å². The van der Waals surface area contributed by atoms with Gasteiger partial charge in [0.15, 0.2) is 11.5 Å². The van der Waals surface area contributed by atoms with Gasteiger partial charge in [0, 0.05) is 5.33 Å². The summed E-state index contributed by atoms with van der Waals surface area (Å²) in [7, 11) is 5.43. The topological polar surface area (TPSA) is 71.1 Å². The molecule has 34 heavy (non-hydrogen) atoms. The van der Waals surface area contributed by atoms with E-state index in [4.69, 9.17) is 42.1 Å². The molecule has 0 saturated carbocycles. The Balaban J connectivity index is 2.73. The predicted molar refractivity (Wildman–Crippen MR) is 138 cm³/mol. The standard InChI is InChI=1S/C25H27BrCl2O6/c1-31-22-18(24(29)33-3)11-15(13-20(22)27)17(9-7-5-6-8-10-26)16-12-19(25(30)34-4)23(32-2)21(28)14-16/h9,11-14H,5-8,10H2,1-4H3. The number of allylic oxidation sites excluding steroid dienone is 1. The number of hydrogen-bond donors (Lipinski definition) is 0. The molecule has 0 unspecified atom stereocenters. The number of hydrogen-bond acceptors (Lipinski definition) is 6. The largest absolute Gasteiger partial charge is 0.494 e. The number of unbranched alkanes of at least 4 members (excludes halogenated alkanes) is 3. The molecule has 0 spiro atoms. The molecule has 0 radical (unpaired) electrons. The maximum Gasteiger partial charge on any atom is 0.341 e. The lowest BCUT2D eigenvalue weighted by Gasteiger charge is -2.17. The second kappa shape index (κ2) is 13.6. The highest BCUT2D eigenvalue weighted by molar-refractivity contribution is 9.09. The molecule has 0 atom stereocenters. The number of esters is 2. The number of ether oxygens (including phenoxy) is 4. The van der Waals surface area contributed by atoms with Crippen molar-refractivity contribution in [3.63, 3.8) is 0 Å². The summed E-state index contributed by atoms with van der Waals surface area (Å²) in [5.41, 5.74) is 2.40. The Morgan fingerprint density at radius 1 is 0.794 bits per heavy atom. The molecule has 2 rings (SSSR count). The fourth-order valence-electron chi connectivity index (χ4n) is 3.50. The average molecular weight is 574 g/mol. The second-order valence-corrected chi connectivity index (χ2v) is 8.82. The fourth-order valence-corrected chi connectivity index (χ4v) is 4.49. The van der Waals surface area contributed by atoms with Crippen LogP contribution in [-0.2, 0) is 9.47 Å². The van der Waals surface area contributed by atoms with E-state index in [0.717, 1.165) is 36.6 Å². The van der Waals surface area contributed by atoms with Crippen LogP contribution in [0.5, 0.6) is 11.5 Å². The van der Waals surface area contributed by atoms with Crippen molar-refractivity contribution >= 4 is 56.6 Å². The third-order valence-corrected chi connectivity index (χ3v) is 6.24. The molecule has 2 aromatic rings. The molecule has 0 aromatic heterocycles. The van der Waals surface area contributed by atoms with Crippen molar-refractivity contribution in [2.75, 3.05) is 33.8 Å². The van der Waals surface area contributed by atoms with Gasteiger partial charge >= 0.3 is 11.9 Å². The summed E-state index contributed by atoms with van der Waals surface area (Å²) in [6, 6.07) is 6.70. The molecule has 0 heterocycles. The van der Waals surface area contributed by atoms with Crippen molar-refractivity contribution in [3.05, 3.63) is 62.6 Å². The molecule has 0 aliphatic carbocycles. The number of methoxy groups -OCH3 is 4. The van der Waals surface area contributed by atoms with Gasteiger partial charge in [0.05, 0.1) is 38.5 Å². The monoisotopic (exact) mass is 572 g/mol. The lowest BCUT2D eigenvalue weighted by atomic mass is 9.93. The van der Waals surface area contributed by atoms with E-state index in [1.54, 1.807) is 24.3 Å². The first-order chi connectivity index (χ1) is 16.3. The molecule has 9 heteroatoms. The van der Waals surface area contributed by atoms with Gasteiger partial charge in [0.2, 0.25) is 0 Å². The van der Waals surface area contributed by atoms with Crippen LogP contribution in [0.3, 0.4) is 0 Å². The molecule has 0 amide bonds. The molecular formula is C25H27BrCl2O6. The van der Waals surface area contributed by atoms with E-state index in [1.807, 2.05) is 6.08 Å². The van der Waals surface area contributed by atoms with Gasteiger partial charge in [0.1, 0.15) is 11.1 Å². The first-order valence-corrected chi connectivity index (χ1v) is 12.4. The van der Waals surface area contributed by atoms with Crippen molar-refractivity contribution in [3.8, 4) is 11.5 Å². The predicted octanol–water partition coefficient (Wildman–Crippen LogP) is 6.97. The summed E-state index contributed by atoms with van der Waals surface area (Å²) in [4.78, 5) is 24.9. The minimum atomic E-state index is -0.583. The molecule has 184 valence electrons. The fraction of sp³-hybridized carbons (Fsp3) is 0.360. The van der Waals surface area contributed by atoms with Crippen LogP contribution in [0, 0.1) is 0 Å². The van der Waals surface area contributed by atoms with Crippen LogP contribution in [0.4, 0.5) is 0 Å². The molecular weight excluding hydrogens is 547 g/mol. The quantitative estimate of drug-likeness (QED) is 0.164. The summed E-state index contributed by atoms with van der Waals surface area (Å²) in [5, 5.41) is 1.44. The molecule has 0 fully saturated rings. The summed E-state index contributed by atoms with van der Waals surface area (Å²) in [5.74, 6) is -0.727. The van der Waals surface area contributed by atoms with Gasteiger partial charge in [0.25, 0.3) is 0 Å². The highest BCUT2D eigenvalue weighted by Crippen LogP contribution is 2.39. The molecule has 0 N–H and O–H groups in total. The Morgan fingerprint density at radius 3 is 1.65 bits per heavy atom. The molecule has 0 aliphatic rings. The number of benzene rings is 2. The Hall–Kier alpha value is -2.22.